The molecule has 0 saturated heterocycles. The summed E-state index contributed by atoms with van der Waals surface area (Å²) < 4.78 is 0. The average molecular weight is 397 g/mol. The van der Waals surface area contributed by atoms with Crippen LogP contribution in [0.1, 0.15) is 57.6 Å². The summed E-state index contributed by atoms with van der Waals surface area (Å²) in [6.45, 7) is 10.9. The summed E-state index contributed by atoms with van der Waals surface area (Å²) in [5.74, 6) is 0.520. The fourth-order valence-corrected chi connectivity index (χ4v) is 3.04. The van der Waals surface area contributed by atoms with Crippen LogP contribution < -0.4 is 15.6 Å². The van der Waals surface area contributed by atoms with Crippen molar-refractivity contribution in [2.24, 2.45) is 5.10 Å². The lowest BCUT2D eigenvalue weighted by atomic mass is 10.0. The van der Waals surface area contributed by atoms with Gasteiger partial charge in [-0.25, -0.2) is 0 Å². The second-order valence-corrected chi connectivity index (χ2v) is 7.53. The first-order valence-corrected chi connectivity index (χ1v) is 10.5. The molecule has 2 aromatic rings. The number of hydrogen-bond acceptors (Lipinski definition) is 3. The minimum atomic E-state index is 0.474. The summed E-state index contributed by atoms with van der Waals surface area (Å²) in [6.07, 6.45) is 4.20. The molecule has 150 valence electrons. The molecule has 0 unspecified atom stereocenters. The van der Waals surface area contributed by atoms with E-state index in [1.807, 2.05) is 12.1 Å². The van der Waals surface area contributed by atoms with Gasteiger partial charge < -0.3 is 10.2 Å². The van der Waals surface area contributed by atoms with Crippen LogP contribution in [-0.2, 0) is 0 Å². The van der Waals surface area contributed by atoms with E-state index in [0.29, 0.717) is 11.0 Å². The van der Waals surface area contributed by atoms with Crippen molar-refractivity contribution in [3.8, 4) is 0 Å². The van der Waals surface area contributed by atoms with Crippen molar-refractivity contribution in [1.29, 1.82) is 0 Å². The lowest BCUT2D eigenvalue weighted by Crippen LogP contribution is -2.24. The molecule has 0 radical (unpaired) electrons. The standard InChI is InChI=1S/C23H32N4S/c1-5-7-16-27(6-2)22-14-8-19(9-15-22)17-24-26-23(28)25-21-12-10-20(11-13-21)18(3)4/h8-15,17-18H,5-7,16H2,1-4H3,(H2,25,26,28). The number of thiocarbonyl (C=S) groups is 1. The Morgan fingerprint density at radius 2 is 1.75 bits per heavy atom. The van der Waals surface area contributed by atoms with Crippen molar-refractivity contribution in [2.45, 2.75) is 46.5 Å². The Kier molecular flexibility index (Phi) is 8.95. The molecular weight excluding hydrogens is 364 g/mol. The van der Waals surface area contributed by atoms with Gasteiger partial charge in [0, 0.05) is 24.5 Å². The van der Waals surface area contributed by atoms with E-state index in [-0.39, 0.29) is 0 Å². The Labute approximate surface area is 175 Å². The van der Waals surface area contributed by atoms with Gasteiger partial charge in [0.2, 0.25) is 0 Å². The zero-order valence-electron chi connectivity index (χ0n) is 17.4. The fourth-order valence-electron chi connectivity index (χ4n) is 2.87. The van der Waals surface area contributed by atoms with Crippen LogP contribution in [0.4, 0.5) is 11.4 Å². The quantitative estimate of drug-likeness (QED) is 0.321. The Bertz CT molecular complexity index is 751. The SMILES string of the molecule is CCCCN(CC)c1ccc(C=NNC(=S)Nc2ccc(C(C)C)cc2)cc1. The van der Waals surface area contributed by atoms with Crippen LogP contribution in [0.5, 0.6) is 0 Å². The van der Waals surface area contributed by atoms with Gasteiger partial charge in [0.05, 0.1) is 6.21 Å². The number of nitrogens with one attached hydrogen (secondary N) is 2. The second-order valence-electron chi connectivity index (χ2n) is 7.13. The van der Waals surface area contributed by atoms with E-state index in [1.54, 1.807) is 6.21 Å². The third-order valence-corrected chi connectivity index (χ3v) is 4.83. The zero-order valence-corrected chi connectivity index (χ0v) is 18.2. The van der Waals surface area contributed by atoms with E-state index < -0.39 is 0 Å². The highest BCUT2D eigenvalue weighted by Gasteiger charge is 2.03. The maximum absolute atomic E-state index is 5.30. The Hall–Kier alpha value is -2.40. The molecule has 0 amide bonds. The molecule has 0 fully saturated rings. The molecule has 0 heterocycles. The molecule has 2 N–H and O–H groups in total. The number of anilines is 2. The van der Waals surface area contributed by atoms with Crippen molar-refractivity contribution in [2.75, 3.05) is 23.3 Å². The van der Waals surface area contributed by atoms with Gasteiger partial charge in [-0.2, -0.15) is 5.10 Å². The third-order valence-electron chi connectivity index (χ3n) is 4.64. The zero-order chi connectivity index (χ0) is 20.4. The van der Waals surface area contributed by atoms with E-state index in [4.69, 9.17) is 12.2 Å². The molecule has 0 spiro atoms. The van der Waals surface area contributed by atoms with Crippen molar-refractivity contribution >= 4 is 34.9 Å². The van der Waals surface area contributed by atoms with E-state index in [9.17, 15) is 0 Å². The van der Waals surface area contributed by atoms with Gasteiger partial charge in [-0.05, 0) is 66.9 Å². The first-order chi connectivity index (χ1) is 13.5. The predicted octanol–water partition coefficient (Wildman–Crippen LogP) is 5.76. The van der Waals surface area contributed by atoms with Crippen LogP contribution in [0.2, 0.25) is 0 Å². The Morgan fingerprint density at radius 3 is 2.32 bits per heavy atom. The number of benzene rings is 2. The van der Waals surface area contributed by atoms with E-state index in [1.165, 1.54) is 24.1 Å². The molecule has 0 atom stereocenters. The molecule has 4 nitrogen and oxygen atoms in total. The first-order valence-electron chi connectivity index (χ1n) is 10.1. The van der Waals surface area contributed by atoms with Gasteiger partial charge in [-0.1, -0.05) is 51.5 Å². The third kappa shape index (κ3) is 6.97. The van der Waals surface area contributed by atoms with Crippen LogP contribution in [0.25, 0.3) is 0 Å². The lowest BCUT2D eigenvalue weighted by Gasteiger charge is -2.22. The number of hydrogen-bond donors (Lipinski definition) is 2. The highest BCUT2D eigenvalue weighted by Crippen LogP contribution is 2.17. The molecule has 0 aromatic heterocycles. The van der Waals surface area contributed by atoms with Crippen molar-refractivity contribution in [3.05, 3.63) is 59.7 Å². The highest BCUT2D eigenvalue weighted by molar-refractivity contribution is 7.80. The maximum atomic E-state index is 5.30. The van der Waals surface area contributed by atoms with Crippen molar-refractivity contribution in [3.63, 3.8) is 0 Å². The minimum Gasteiger partial charge on any atom is -0.372 e. The smallest absolute Gasteiger partial charge is 0.191 e. The van der Waals surface area contributed by atoms with Gasteiger partial charge in [0.1, 0.15) is 0 Å². The van der Waals surface area contributed by atoms with Gasteiger partial charge in [0.25, 0.3) is 0 Å². The summed E-state index contributed by atoms with van der Waals surface area (Å²) in [5.41, 5.74) is 7.42. The fraction of sp³-hybridized carbons (Fsp3) is 0.391. The molecule has 2 aromatic carbocycles. The highest BCUT2D eigenvalue weighted by atomic mass is 32.1. The molecule has 0 saturated carbocycles. The number of unbranched alkanes of at least 4 members (excludes halogenated alkanes) is 1. The van der Waals surface area contributed by atoms with E-state index in [0.717, 1.165) is 24.3 Å². The molecule has 0 aliphatic rings. The van der Waals surface area contributed by atoms with Crippen LogP contribution >= 0.6 is 12.2 Å². The van der Waals surface area contributed by atoms with Gasteiger partial charge in [0.15, 0.2) is 5.11 Å². The Balaban J connectivity index is 1.85. The molecular formula is C23H32N4S. The largest absolute Gasteiger partial charge is 0.372 e. The molecule has 0 aliphatic carbocycles. The van der Waals surface area contributed by atoms with Crippen LogP contribution in [0.15, 0.2) is 53.6 Å². The maximum Gasteiger partial charge on any atom is 0.191 e. The van der Waals surface area contributed by atoms with Gasteiger partial charge in [-0.15, -0.1) is 0 Å². The van der Waals surface area contributed by atoms with Crippen LogP contribution in [0, 0.1) is 0 Å². The number of nitrogens with zero attached hydrogens (tertiary/aromatic N) is 2. The lowest BCUT2D eigenvalue weighted by molar-refractivity contribution is 0.732. The molecule has 28 heavy (non-hydrogen) atoms. The molecule has 0 aliphatic heterocycles. The summed E-state index contributed by atoms with van der Waals surface area (Å²) >= 11 is 5.30. The summed E-state index contributed by atoms with van der Waals surface area (Å²) in [5, 5.41) is 7.85. The van der Waals surface area contributed by atoms with Crippen molar-refractivity contribution < 1.29 is 0 Å². The predicted molar refractivity (Wildman–Crippen MR) is 127 cm³/mol. The monoisotopic (exact) mass is 396 g/mol. The van der Waals surface area contributed by atoms with Gasteiger partial charge in [-0.3, -0.25) is 5.43 Å². The molecule has 5 heteroatoms. The number of hydrazone groups is 1. The van der Waals surface area contributed by atoms with E-state index in [2.05, 4.69) is 84.8 Å². The molecule has 2 rings (SSSR count). The van der Waals surface area contributed by atoms with E-state index >= 15 is 0 Å². The summed E-state index contributed by atoms with van der Waals surface area (Å²) in [4.78, 5) is 2.40. The normalized spacial score (nSPS) is 11.0. The summed E-state index contributed by atoms with van der Waals surface area (Å²) in [6, 6.07) is 16.7. The summed E-state index contributed by atoms with van der Waals surface area (Å²) in [7, 11) is 0. The van der Waals surface area contributed by atoms with Crippen molar-refractivity contribution in [1.82, 2.24) is 5.43 Å². The first kappa shape index (κ1) is 21.9. The average Bonchev–Trinajstić information content (AvgIpc) is 2.70. The van der Waals surface area contributed by atoms with Crippen LogP contribution in [-0.4, -0.2) is 24.4 Å². The second kappa shape index (κ2) is 11.4. The minimum absolute atomic E-state index is 0.474. The molecule has 0 bridgehead atoms. The van der Waals surface area contributed by atoms with Gasteiger partial charge >= 0.3 is 0 Å². The number of rotatable bonds is 9. The Morgan fingerprint density at radius 1 is 1.07 bits per heavy atom. The van der Waals surface area contributed by atoms with Crippen LogP contribution in [0.3, 0.4) is 0 Å². The topological polar surface area (TPSA) is 39.7 Å².